The molecule has 1 amide bonds. The molecular weight excluding hydrogens is 370 g/mol. The van der Waals surface area contributed by atoms with Gasteiger partial charge in [-0.15, -0.1) is 0 Å². The summed E-state index contributed by atoms with van der Waals surface area (Å²) in [7, 11) is 1.41. The highest BCUT2D eigenvalue weighted by Gasteiger charge is 2.29. The number of carbonyl (C=O) groups is 2. The average molecular weight is 389 g/mol. The molecule has 0 atom stereocenters. The van der Waals surface area contributed by atoms with Gasteiger partial charge in [0.25, 0.3) is 0 Å². The van der Waals surface area contributed by atoms with Gasteiger partial charge in [0.05, 0.1) is 12.7 Å². The molecule has 2 N–H and O–H groups in total. The summed E-state index contributed by atoms with van der Waals surface area (Å²) in [5.74, 6) is -0.999. The van der Waals surface area contributed by atoms with Crippen LogP contribution in [0.25, 0.3) is 11.1 Å². The number of hydrogen-bond acceptors (Lipinski definition) is 4. The van der Waals surface area contributed by atoms with Crippen molar-refractivity contribution < 1.29 is 24.2 Å². The van der Waals surface area contributed by atoms with Crippen LogP contribution in [0.15, 0.2) is 66.7 Å². The standard InChI is InChI=1S/C23H19NO5/c1-28-20-12-6-11-18(22(25)26)21(20)24-23(27)29-13-19-16-9-4-2-7-14(16)15-8-3-5-10-17(15)19/h2-12,19H,13H2,1H3,(H,24,27)(H,25,26). The normalized spacial score (nSPS) is 12.0. The second-order valence-electron chi connectivity index (χ2n) is 6.64. The molecule has 6 heteroatoms. The number of carbonyl (C=O) groups excluding carboxylic acids is 1. The summed E-state index contributed by atoms with van der Waals surface area (Å²) in [5.41, 5.74) is 4.47. The van der Waals surface area contributed by atoms with Crippen LogP contribution in [-0.2, 0) is 4.74 Å². The van der Waals surface area contributed by atoms with Crippen LogP contribution in [-0.4, -0.2) is 30.9 Å². The highest BCUT2D eigenvalue weighted by Crippen LogP contribution is 2.44. The van der Waals surface area contributed by atoms with E-state index in [2.05, 4.69) is 17.4 Å². The van der Waals surface area contributed by atoms with E-state index in [0.717, 1.165) is 22.3 Å². The van der Waals surface area contributed by atoms with Crippen molar-refractivity contribution in [3.8, 4) is 16.9 Å². The second-order valence-corrected chi connectivity index (χ2v) is 6.64. The third-order valence-electron chi connectivity index (χ3n) is 5.05. The van der Waals surface area contributed by atoms with Crippen LogP contribution in [0.1, 0.15) is 27.4 Å². The maximum absolute atomic E-state index is 12.5. The first kappa shape index (κ1) is 18.6. The summed E-state index contributed by atoms with van der Waals surface area (Å²) >= 11 is 0. The summed E-state index contributed by atoms with van der Waals surface area (Å²) < 4.78 is 10.7. The van der Waals surface area contributed by atoms with E-state index in [1.807, 2.05) is 36.4 Å². The molecule has 0 saturated carbocycles. The van der Waals surface area contributed by atoms with Crippen LogP contribution in [0, 0.1) is 0 Å². The molecular formula is C23H19NO5. The molecule has 1 aliphatic carbocycles. The van der Waals surface area contributed by atoms with Gasteiger partial charge < -0.3 is 14.6 Å². The molecule has 0 fully saturated rings. The summed E-state index contributed by atoms with van der Waals surface area (Å²) in [6.07, 6.45) is -0.737. The molecule has 0 unspecified atom stereocenters. The molecule has 29 heavy (non-hydrogen) atoms. The Kier molecular flexibility index (Phi) is 4.91. The van der Waals surface area contributed by atoms with Gasteiger partial charge >= 0.3 is 12.1 Å². The molecule has 0 radical (unpaired) electrons. The molecule has 1 aliphatic rings. The van der Waals surface area contributed by atoms with Crippen molar-refractivity contribution in [2.45, 2.75) is 5.92 Å². The first-order chi connectivity index (χ1) is 14.1. The Labute approximate surface area is 167 Å². The smallest absolute Gasteiger partial charge is 0.411 e. The fourth-order valence-electron chi connectivity index (χ4n) is 3.74. The lowest BCUT2D eigenvalue weighted by atomic mass is 9.98. The Bertz CT molecular complexity index is 1050. The molecule has 0 saturated heterocycles. The van der Waals surface area contributed by atoms with E-state index in [1.54, 1.807) is 12.1 Å². The zero-order chi connectivity index (χ0) is 20.4. The van der Waals surface area contributed by atoms with E-state index in [9.17, 15) is 14.7 Å². The highest BCUT2D eigenvalue weighted by molar-refractivity contribution is 6.00. The number of amides is 1. The number of benzene rings is 3. The number of fused-ring (bicyclic) bond motifs is 3. The number of methoxy groups -OCH3 is 1. The topological polar surface area (TPSA) is 84.9 Å². The van der Waals surface area contributed by atoms with Crippen LogP contribution in [0.3, 0.4) is 0 Å². The maximum Gasteiger partial charge on any atom is 0.411 e. The van der Waals surface area contributed by atoms with Crippen molar-refractivity contribution in [3.05, 3.63) is 83.4 Å². The number of hydrogen-bond donors (Lipinski definition) is 2. The minimum Gasteiger partial charge on any atom is -0.495 e. The molecule has 6 nitrogen and oxygen atoms in total. The minimum absolute atomic E-state index is 0.0692. The zero-order valence-corrected chi connectivity index (χ0v) is 15.7. The van der Waals surface area contributed by atoms with Crippen LogP contribution in [0.5, 0.6) is 5.75 Å². The number of para-hydroxylation sites is 1. The fourth-order valence-corrected chi connectivity index (χ4v) is 3.74. The summed E-state index contributed by atoms with van der Waals surface area (Å²) in [6.45, 7) is 0.136. The van der Waals surface area contributed by atoms with E-state index in [1.165, 1.54) is 13.2 Å². The van der Waals surface area contributed by atoms with Crippen molar-refractivity contribution >= 4 is 17.7 Å². The molecule has 0 bridgehead atoms. The highest BCUT2D eigenvalue weighted by atomic mass is 16.5. The lowest BCUT2D eigenvalue weighted by Crippen LogP contribution is -2.19. The van der Waals surface area contributed by atoms with E-state index < -0.39 is 12.1 Å². The van der Waals surface area contributed by atoms with Crippen molar-refractivity contribution in [2.75, 3.05) is 19.0 Å². The average Bonchev–Trinajstić information content (AvgIpc) is 3.06. The van der Waals surface area contributed by atoms with Crippen molar-refractivity contribution in [3.63, 3.8) is 0 Å². The van der Waals surface area contributed by atoms with Gasteiger partial charge in [-0.3, -0.25) is 5.32 Å². The van der Waals surface area contributed by atoms with Gasteiger partial charge in [-0.25, -0.2) is 9.59 Å². The monoisotopic (exact) mass is 389 g/mol. The molecule has 3 aromatic rings. The molecule has 0 heterocycles. The Morgan fingerprint density at radius 3 is 2.14 bits per heavy atom. The molecule has 0 aromatic heterocycles. The number of carboxylic acids is 1. The van der Waals surface area contributed by atoms with Crippen molar-refractivity contribution in [1.29, 1.82) is 0 Å². The molecule has 4 rings (SSSR count). The summed E-state index contributed by atoms with van der Waals surface area (Å²) in [5, 5.41) is 11.9. The summed E-state index contributed by atoms with van der Waals surface area (Å²) in [4.78, 5) is 23.9. The quantitative estimate of drug-likeness (QED) is 0.658. The van der Waals surface area contributed by atoms with Gasteiger partial charge in [0.1, 0.15) is 18.0 Å². The Hall–Kier alpha value is -3.80. The summed E-state index contributed by atoms with van der Waals surface area (Å²) in [6, 6.07) is 20.6. The number of ether oxygens (including phenoxy) is 2. The van der Waals surface area contributed by atoms with Crippen molar-refractivity contribution in [1.82, 2.24) is 0 Å². The third kappa shape index (κ3) is 3.40. The van der Waals surface area contributed by atoms with Crippen molar-refractivity contribution in [2.24, 2.45) is 0 Å². The zero-order valence-electron chi connectivity index (χ0n) is 15.7. The number of carboxylic acid groups (broad SMARTS) is 1. The van der Waals surface area contributed by atoms with Gasteiger partial charge in [-0.2, -0.15) is 0 Å². The first-order valence-electron chi connectivity index (χ1n) is 9.12. The molecule has 3 aromatic carbocycles. The van der Waals surface area contributed by atoms with E-state index in [0.29, 0.717) is 0 Å². The predicted molar refractivity (Wildman–Crippen MR) is 109 cm³/mol. The Morgan fingerprint density at radius 2 is 1.55 bits per heavy atom. The predicted octanol–water partition coefficient (Wildman–Crippen LogP) is 4.75. The minimum atomic E-state index is -1.17. The van der Waals surface area contributed by atoms with Gasteiger partial charge in [0.15, 0.2) is 0 Å². The van der Waals surface area contributed by atoms with Crippen LogP contribution in [0.2, 0.25) is 0 Å². The number of anilines is 1. The van der Waals surface area contributed by atoms with E-state index >= 15 is 0 Å². The SMILES string of the molecule is COc1cccc(C(=O)O)c1NC(=O)OCC1c2ccccc2-c2ccccc21. The van der Waals surface area contributed by atoms with Crippen LogP contribution in [0.4, 0.5) is 10.5 Å². The lowest BCUT2D eigenvalue weighted by Gasteiger charge is -2.16. The third-order valence-corrected chi connectivity index (χ3v) is 5.05. The van der Waals surface area contributed by atoms with E-state index in [4.69, 9.17) is 9.47 Å². The second kappa shape index (κ2) is 7.67. The fraction of sp³-hybridized carbons (Fsp3) is 0.130. The number of nitrogens with one attached hydrogen (secondary N) is 1. The number of aromatic carboxylic acids is 1. The Morgan fingerprint density at radius 1 is 0.931 bits per heavy atom. The van der Waals surface area contributed by atoms with Gasteiger partial charge in [-0.1, -0.05) is 54.6 Å². The lowest BCUT2D eigenvalue weighted by molar-refractivity contribution is 0.0697. The maximum atomic E-state index is 12.5. The molecule has 0 spiro atoms. The van der Waals surface area contributed by atoms with Crippen LogP contribution < -0.4 is 10.1 Å². The van der Waals surface area contributed by atoms with E-state index in [-0.39, 0.29) is 29.5 Å². The largest absolute Gasteiger partial charge is 0.495 e. The number of rotatable bonds is 5. The van der Waals surface area contributed by atoms with Crippen LogP contribution >= 0.6 is 0 Å². The molecule has 146 valence electrons. The Balaban J connectivity index is 1.54. The van der Waals surface area contributed by atoms with Gasteiger partial charge in [-0.05, 0) is 34.4 Å². The van der Waals surface area contributed by atoms with Gasteiger partial charge in [0.2, 0.25) is 0 Å². The van der Waals surface area contributed by atoms with Gasteiger partial charge in [0, 0.05) is 5.92 Å². The molecule has 0 aliphatic heterocycles. The first-order valence-corrected chi connectivity index (χ1v) is 9.12.